The largest absolute Gasteiger partial charge is 0.193 e. The third-order valence-corrected chi connectivity index (χ3v) is 1.99. The van der Waals surface area contributed by atoms with Gasteiger partial charge in [0.2, 0.25) is 0 Å². The number of hydrogen-bond donors (Lipinski definition) is 0. The van der Waals surface area contributed by atoms with Crippen LogP contribution in [0.5, 0.6) is 0 Å². The Hall–Kier alpha value is -1.55. The Labute approximate surface area is 92.1 Å². The second-order valence-corrected chi connectivity index (χ2v) is 4.81. The van der Waals surface area contributed by atoms with Crippen molar-refractivity contribution in [3.05, 3.63) is 47.5 Å². The summed E-state index contributed by atoms with van der Waals surface area (Å²) in [5, 5.41) is 9.03. The van der Waals surface area contributed by atoms with Gasteiger partial charge in [-0.1, -0.05) is 57.2 Å². The molecule has 78 valence electrons. The van der Waals surface area contributed by atoms with Gasteiger partial charge in [-0.25, -0.2) is 0 Å². The second kappa shape index (κ2) is 4.79. The zero-order valence-electron chi connectivity index (χ0n) is 9.62. The van der Waals surface area contributed by atoms with Gasteiger partial charge in [0.1, 0.15) is 0 Å². The second-order valence-electron chi connectivity index (χ2n) is 4.81. The fourth-order valence-electron chi connectivity index (χ4n) is 1.46. The van der Waals surface area contributed by atoms with Crippen molar-refractivity contribution in [2.45, 2.75) is 27.2 Å². The van der Waals surface area contributed by atoms with Crippen molar-refractivity contribution in [3.63, 3.8) is 0 Å². The average molecular weight is 199 g/mol. The summed E-state index contributed by atoms with van der Waals surface area (Å²) in [6, 6.07) is 12.4. The van der Waals surface area contributed by atoms with E-state index in [0.29, 0.717) is 0 Å². The minimum Gasteiger partial charge on any atom is -0.193 e. The zero-order chi connectivity index (χ0) is 11.3. The molecule has 1 rings (SSSR count). The predicted octanol–water partition coefficient (Wildman–Crippen LogP) is 3.73. The van der Waals surface area contributed by atoms with Gasteiger partial charge in [-0.05, 0) is 11.0 Å². The van der Waals surface area contributed by atoms with Crippen molar-refractivity contribution in [2.24, 2.45) is 5.41 Å². The Morgan fingerprint density at radius 3 is 2.33 bits per heavy atom. The van der Waals surface area contributed by atoms with Crippen LogP contribution in [0.2, 0.25) is 0 Å². The topological polar surface area (TPSA) is 23.8 Å². The van der Waals surface area contributed by atoms with Gasteiger partial charge in [-0.15, -0.1) is 0 Å². The maximum absolute atomic E-state index is 9.03. The van der Waals surface area contributed by atoms with Crippen LogP contribution in [-0.4, -0.2) is 0 Å². The molecule has 0 unspecified atom stereocenters. The summed E-state index contributed by atoms with van der Waals surface area (Å²) in [4.78, 5) is 0. The maximum atomic E-state index is 9.03. The lowest BCUT2D eigenvalue weighted by atomic mass is 9.92. The minimum absolute atomic E-state index is 0.0693. The SMILES string of the molecule is CC(C)(C)C=C(C#N)Cc1ccccc1. The molecule has 1 heteroatoms. The fraction of sp³-hybridized carbons (Fsp3) is 0.357. The number of rotatable bonds is 2. The molecule has 0 amide bonds. The average Bonchev–Trinajstić information content (AvgIpc) is 2.16. The van der Waals surface area contributed by atoms with E-state index in [4.69, 9.17) is 5.26 Å². The summed E-state index contributed by atoms with van der Waals surface area (Å²) in [6.45, 7) is 6.32. The highest BCUT2D eigenvalue weighted by atomic mass is 14.3. The van der Waals surface area contributed by atoms with Gasteiger partial charge < -0.3 is 0 Å². The van der Waals surface area contributed by atoms with Crippen LogP contribution in [-0.2, 0) is 6.42 Å². The van der Waals surface area contributed by atoms with Crippen molar-refractivity contribution >= 4 is 0 Å². The van der Waals surface area contributed by atoms with E-state index in [9.17, 15) is 0 Å². The highest BCUT2D eigenvalue weighted by molar-refractivity contribution is 5.30. The first-order valence-electron chi connectivity index (χ1n) is 5.17. The number of allylic oxidation sites excluding steroid dienone is 2. The van der Waals surface area contributed by atoms with Gasteiger partial charge >= 0.3 is 0 Å². The number of nitrogens with zero attached hydrogens (tertiary/aromatic N) is 1. The van der Waals surface area contributed by atoms with E-state index in [2.05, 4.69) is 26.8 Å². The lowest BCUT2D eigenvalue weighted by Crippen LogP contribution is -2.02. The molecule has 1 nitrogen and oxygen atoms in total. The predicted molar refractivity (Wildman–Crippen MR) is 63.3 cm³/mol. The molecule has 0 aliphatic carbocycles. The number of hydrogen-bond acceptors (Lipinski definition) is 1. The van der Waals surface area contributed by atoms with Crippen LogP contribution in [0.1, 0.15) is 26.3 Å². The van der Waals surface area contributed by atoms with Crippen LogP contribution < -0.4 is 0 Å². The van der Waals surface area contributed by atoms with E-state index in [-0.39, 0.29) is 5.41 Å². The van der Waals surface area contributed by atoms with Crippen LogP contribution in [0.15, 0.2) is 42.0 Å². The minimum atomic E-state index is 0.0693. The number of nitriles is 1. The molecule has 0 bridgehead atoms. The molecule has 0 heterocycles. The highest BCUT2D eigenvalue weighted by Gasteiger charge is 2.08. The molecule has 15 heavy (non-hydrogen) atoms. The van der Waals surface area contributed by atoms with Crippen LogP contribution in [0.3, 0.4) is 0 Å². The van der Waals surface area contributed by atoms with Crippen molar-refractivity contribution in [3.8, 4) is 6.07 Å². The monoisotopic (exact) mass is 199 g/mol. The van der Waals surface area contributed by atoms with E-state index in [1.54, 1.807) is 0 Å². The first-order chi connectivity index (χ1) is 7.01. The third kappa shape index (κ3) is 4.46. The van der Waals surface area contributed by atoms with E-state index in [1.165, 1.54) is 5.56 Å². The smallest absolute Gasteiger partial charge is 0.0947 e. The van der Waals surface area contributed by atoms with E-state index in [0.717, 1.165) is 12.0 Å². The molecule has 1 aromatic carbocycles. The summed E-state index contributed by atoms with van der Waals surface area (Å²) in [5.41, 5.74) is 2.10. The molecule has 0 aliphatic rings. The molecule has 0 aliphatic heterocycles. The Morgan fingerprint density at radius 1 is 1.27 bits per heavy atom. The lowest BCUT2D eigenvalue weighted by molar-refractivity contribution is 0.540. The van der Waals surface area contributed by atoms with Crippen molar-refractivity contribution in [2.75, 3.05) is 0 Å². The van der Waals surface area contributed by atoms with Crippen molar-refractivity contribution in [1.82, 2.24) is 0 Å². The molecule has 0 radical (unpaired) electrons. The highest BCUT2D eigenvalue weighted by Crippen LogP contribution is 2.19. The molecule has 0 saturated heterocycles. The van der Waals surface area contributed by atoms with E-state index in [1.807, 2.05) is 36.4 Å². The van der Waals surface area contributed by atoms with Crippen LogP contribution in [0, 0.1) is 16.7 Å². The molecule has 0 aromatic heterocycles. The Balaban J connectivity index is 2.81. The maximum Gasteiger partial charge on any atom is 0.0947 e. The van der Waals surface area contributed by atoms with Crippen LogP contribution in [0.4, 0.5) is 0 Å². The van der Waals surface area contributed by atoms with E-state index < -0.39 is 0 Å². The summed E-state index contributed by atoms with van der Waals surface area (Å²) in [6.07, 6.45) is 2.77. The standard InChI is InChI=1S/C14H17N/c1-14(2,3)10-13(11-15)9-12-7-5-4-6-8-12/h4-8,10H,9H2,1-3H3. The first kappa shape index (κ1) is 11.5. The molecule has 1 aromatic rings. The number of benzene rings is 1. The zero-order valence-corrected chi connectivity index (χ0v) is 9.62. The molecular formula is C14H17N. The summed E-state index contributed by atoms with van der Waals surface area (Å²) < 4.78 is 0. The van der Waals surface area contributed by atoms with Gasteiger partial charge in [0.15, 0.2) is 0 Å². The summed E-state index contributed by atoms with van der Waals surface area (Å²) in [5.74, 6) is 0. The molecule has 0 atom stereocenters. The van der Waals surface area contributed by atoms with Gasteiger partial charge in [-0.2, -0.15) is 5.26 Å². The van der Waals surface area contributed by atoms with Gasteiger partial charge in [0, 0.05) is 12.0 Å². The van der Waals surface area contributed by atoms with Crippen LogP contribution >= 0.6 is 0 Å². The molecule has 0 spiro atoms. The summed E-state index contributed by atoms with van der Waals surface area (Å²) >= 11 is 0. The molecule has 0 fully saturated rings. The molecule has 0 saturated carbocycles. The third-order valence-electron chi connectivity index (χ3n) is 1.99. The Kier molecular flexibility index (Phi) is 3.68. The van der Waals surface area contributed by atoms with Crippen LogP contribution in [0.25, 0.3) is 0 Å². The first-order valence-corrected chi connectivity index (χ1v) is 5.17. The fourth-order valence-corrected chi connectivity index (χ4v) is 1.46. The molecular weight excluding hydrogens is 182 g/mol. The van der Waals surface area contributed by atoms with Crippen molar-refractivity contribution < 1.29 is 0 Å². The normalized spacial score (nSPS) is 12.3. The Morgan fingerprint density at radius 2 is 1.87 bits per heavy atom. The van der Waals surface area contributed by atoms with Crippen molar-refractivity contribution in [1.29, 1.82) is 5.26 Å². The molecule has 0 N–H and O–H groups in total. The van der Waals surface area contributed by atoms with E-state index >= 15 is 0 Å². The lowest BCUT2D eigenvalue weighted by Gasteiger charge is -2.13. The Bertz CT molecular complexity index is 374. The summed E-state index contributed by atoms with van der Waals surface area (Å²) in [7, 11) is 0. The van der Waals surface area contributed by atoms with Gasteiger partial charge in [0.25, 0.3) is 0 Å². The quantitative estimate of drug-likeness (QED) is 0.666. The van der Waals surface area contributed by atoms with Gasteiger partial charge in [-0.3, -0.25) is 0 Å². The van der Waals surface area contributed by atoms with Gasteiger partial charge in [0.05, 0.1) is 6.07 Å².